The van der Waals surface area contributed by atoms with Gasteiger partial charge in [0.2, 0.25) is 0 Å². The van der Waals surface area contributed by atoms with Crippen LogP contribution in [0, 0.1) is 5.82 Å². The average molecular weight is 328 g/mol. The topological polar surface area (TPSA) is 17.8 Å². The van der Waals surface area contributed by atoms with Crippen LogP contribution >= 0.6 is 0 Å². The van der Waals surface area contributed by atoms with Gasteiger partial charge in [0.1, 0.15) is 5.82 Å². The van der Waals surface area contributed by atoms with Gasteiger partial charge < -0.3 is 0 Å². The van der Waals surface area contributed by atoms with E-state index in [1.54, 1.807) is 12.1 Å². The highest BCUT2D eigenvalue weighted by Crippen LogP contribution is 2.26. The molecule has 0 unspecified atom stereocenters. The molecule has 1 aromatic heterocycles. The van der Waals surface area contributed by atoms with Gasteiger partial charge in [0, 0.05) is 5.56 Å². The molecule has 0 fully saturated rings. The molecule has 3 heteroatoms. The van der Waals surface area contributed by atoms with Crippen LogP contribution in [0.15, 0.2) is 91.0 Å². The third-order valence-electron chi connectivity index (χ3n) is 4.14. The van der Waals surface area contributed by atoms with E-state index in [9.17, 15) is 4.39 Å². The van der Waals surface area contributed by atoms with Crippen LogP contribution in [0.1, 0.15) is 5.56 Å². The van der Waals surface area contributed by atoms with Crippen molar-refractivity contribution in [1.82, 2.24) is 9.78 Å². The minimum Gasteiger partial charge on any atom is -0.260 e. The van der Waals surface area contributed by atoms with Gasteiger partial charge in [-0.25, -0.2) is 4.39 Å². The zero-order valence-electron chi connectivity index (χ0n) is 13.6. The molecular weight excluding hydrogens is 311 g/mol. The van der Waals surface area contributed by atoms with Gasteiger partial charge in [0.25, 0.3) is 0 Å². The Labute approximate surface area is 146 Å². The number of halogens is 1. The summed E-state index contributed by atoms with van der Waals surface area (Å²) >= 11 is 0. The first kappa shape index (κ1) is 15.3. The van der Waals surface area contributed by atoms with Crippen molar-refractivity contribution in [3.8, 4) is 22.5 Å². The summed E-state index contributed by atoms with van der Waals surface area (Å²) in [7, 11) is 0. The number of nitrogens with zero attached hydrogens (tertiary/aromatic N) is 2. The molecule has 0 bridgehead atoms. The number of hydrogen-bond acceptors (Lipinski definition) is 1. The number of hydrogen-bond donors (Lipinski definition) is 0. The molecule has 1 heterocycles. The van der Waals surface area contributed by atoms with E-state index in [2.05, 4.69) is 18.2 Å². The SMILES string of the molecule is Fc1cccc(Cn2nc(-c3ccccc3)cc2-c2ccccc2)c1. The van der Waals surface area contributed by atoms with Crippen molar-refractivity contribution in [3.05, 3.63) is 102 Å². The summed E-state index contributed by atoms with van der Waals surface area (Å²) < 4.78 is 15.5. The second-order valence-electron chi connectivity index (χ2n) is 5.93. The number of rotatable bonds is 4. The summed E-state index contributed by atoms with van der Waals surface area (Å²) in [6.07, 6.45) is 0. The maximum absolute atomic E-state index is 13.5. The van der Waals surface area contributed by atoms with Gasteiger partial charge in [0.05, 0.1) is 17.9 Å². The molecule has 4 aromatic rings. The van der Waals surface area contributed by atoms with Gasteiger partial charge in [-0.3, -0.25) is 4.68 Å². The lowest BCUT2D eigenvalue weighted by atomic mass is 10.1. The van der Waals surface area contributed by atoms with Crippen molar-refractivity contribution in [2.45, 2.75) is 6.54 Å². The van der Waals surface area contributed by atoms with Gasteiger partial charge in [0.15, 0.2) is 0 Å². The lowest BCUT2D eigenvalue weighted by Crippen LogP contribution is -2.04. The molecule has 25 heavy (non-hydrogen) atoms. The first-order chi connectivity index (χ1) is 12.3. The maximum Gasteiger partial charge on any atom is 0.123 e. The zero-order chi connectivity index (χ0) is 17.1. The Morgan fingerprint density at radius 3 is 2.08 bits per heavy atom. The van der Waals surface area contributed by atoms with Crippen LogP contribution in [0.5, 0.6) is 0 Å². The molecule has 122 valence electrons. The van der Waals surface area contributed by atoms with Crippen LogP contribution < -0.4 is 0 Å². The Kier molecular flexibility index (Phi) is 4.13. The predicted octanol–water partition coefficient (Wildman–Crippen LogP) is 5.40. The van der Waals surface area contributed by atoms with Crippen molar-refractivity contribution in [2.24, 2.45) is 0 Å². The van der Waals surface area contributed by atoms with Crippen LogP contribution in [-0.2, 0) is 6.54 Å². The van der Waals surface area contributed by atoms with Gasteiger partial charge in [-0.05, 0) is 29.3 Å². The lowest BCUT2D eigenvalue weighted by Gasteiger charge is -2.08. The summed E-state index contributed by atoms with van der Waals surface area (Å²) in [6, 6.07) is 29.0. The molecule has 3 aromatic carbocycles. The Hall–Kier alpha value is -3.20. The summed E-state index contributed by atoms with van der Waals surface area (Å²) in [5.74, 6) is -0.228. The Balaban J connectivity index is 1.79. The van der Waals surface area contributed by atoms with E-state index in [1.807, 2.05) is 59.3 Å². The highest BCUT2D eigenvalue weighted by Gasteiger charge is 2.12. The molecule has 2 nitrogen and oxygen atoms in total. The van der Waals surface area contributed by atoms with E-state index < -0.39 is 0 Å². The maximum atomic E-state index is 13.5. The van der Waals surface area contributed by atoms with Gasteiger partial charge in [-0.2, -0.15) is 5.10 Å². The van der Waals surface area contributed by atoms with Crippen LogP contribution in [0.4, 0.5) is 4.39 Å². The van der Waals surface area contributed by atoms with E-state index >= 15 is 0 Å². The first-order valence-corrected chi connectivity index (χ1v) is 8.23. The van der Waals surface area contributed by atoms with E-state index in [1.165, 1.54) is 6.07 Å². The fourth-order valence-corrected chi connectivity index (χ4v) is 2.94. The molecule has 0 N–H and O–H groups in total. The molecule has 0 amide bonds. The first-order valence-electron chi connectivity index (χ1n) is 8.23. The molecule has 0 aliphatic rings. The summed E-state index contributed by atoms with van der Waals surface area (Å²) in [6.45, 7) is 0.523. The van der Waals surface area contributed by atoms with E-state index in [0.29, 0.717) is 6.54 Å². The van der Waals surface area contributed by atoms with Crippen LogP contribution in [0.2, 0.25) is 0 Å². The molecule has 0 spiro atoms. The smallest absolute Gasteiger partial charge is 0.123 e. The third-order valence-corrected chi connectivity index (χ3v) is 4.14. The fraction of sp³-hybridized carbons (Fsp3) is 0.0455. The van der Waals surface area contributed by atoms with E-state index in [0.717, 1.165) is 28.1 Å². The largest absolute Gasteiger partial charge is 0.260 e. The zero-order valence-corrected chi connectivity index (χ0v) is 13.6. The van der Waals surface area contributed by atoms with Gasteiger partial charge in [-0.1, -0.05) is 72.8 Å². The molecule has 0 radical (unpaired) electrons. The standard InChI is InChI=1S/C22H17FN2/c23-20-13-7-8-17(14-20)16-25-22(19-11-5-2-6-12-19)15-21(24-25)18-9-3-1-4-10-18/h1-15H,16H2. The second-order valence-corrected chi connectivity index (χ2v) is 5.93. The summed E-state index contributed by atoms with van der Waals surface area (Å²) in [5, 5.41) is 4.78. The molecule has 0 aliphatic heterocycles. The van der Waals surface area contributed by atoms with Crippen molar-refractivity contribution >= 4 is 0 Å². The van der Waals surface area contributed by atoms with Crippen molar-refractivity contribution in [3.63, 3.8) is 0 Å². The van der Waals surface area contributed by atoms with E-state index in [4.69, 9.17) is 5.10 Å². The molecular formula is C22H17FN2. The van der Waals surface area contributed by atoms with Crippen LogP contribution in [-0.4, -0.2) is 9.78 Å². The Bertz CT molecular complexity index is 975. The minimum atomic E-state index is -0.228. The minimum absolute atomic E-state index is 0.228. The summed E-state index contributed by atoms with van der Waals surface area (Å²) in [4.78, 5) is 0. The molecule has 0 aliphatic carbocycles. The normalized spacial score (nSPS) is 10.8. The van der Waals surface area contributed by atoms with Crippen LogP contribution in [0.25, 0.3) is 22.5 Å². The highest BCUT2D eigenvalue weighted by molar-refractivity contribution is 5.68. The Morgan fingerprint density at radius 2 is 1.40 bits per heavy atom. The third kappa shape index (κ3) is 3.36. The van der Waals surface area contributed by atoms with Crippen molar-refractivity contribution in [2.75, 3.05) is 0 Å². The quantitative estimate of drug-likeness (QED) is 0.490. The lowest BCUT2D eigenvalue weighted by molar-refractivity contribution is 0.620. The second kappa shape index (κ2) is 6.73. The highest BCUT2D eigenvalue weighted by atomic mass is 19.1. The average Bonchev–Trinajstić information content (AvgIpc) is 3.07. The monoisotopic (exact) mass is 328 g/mol. The molecule has 0 saturated heterocycles. The van der Waals surface area contributed by atoms with Gasteiger partial charge in [-0.15, -0.1) is 0 Å². The number of benzene rings is 3. The van der Waals surface area contributed by atoms with Gasteiger partial charge >= 0.3 is 0 Å². The Morgan fingerprint density at radius 1 is 0.720 bits per heavy atom. The molecule has 0 saturated carbocycles. The van der Waals surface area contributed by atoms with Crippen molar-refractivity contribution < 1.29 is 4.39 Å². The molecule has 0 atom stereocenters. The van der Waals surface area contributed by atoms with Crippen molar-refractivity contribution in [1.29, 1.82) is 0 Å². The number of aromatic nitrogens is 2. The summed E-state index contributed by atoms with van der Waals surface area (Å²) in [5.41, 5.74) is 4.98. The van der Waals surface area contributed by atoms with E-state index in [-0.39, 0.29) is 5.82 Å². The fourth-order valence-electron chi connectivity index (χ4n) is 2.94. The van der Waals surface area contributed by atoms with Crippen LogP contribution in [0.3, 0.4) is 0 Å². The predicted molar refractivity (Wildman–Crippen MR) is 98.6 cm³/mol. The molecule has 4 rings (SSSR count).